The number of sulfonamides is 1. The highest BCUT2D eigenvalue weighted by atomic mass is 32.2. The molecule has 1 saturated carbocycles. The topological polar surface area (TPSA) is 132 Å². The van der Waals surface area contributed by atoms with Crippen LogP contribution in [0.4, 0.5) is 15.2 Å². The lowest BCUT2D eigenvalue weighted by atomic mass is 10.1. The van der Waals surface area contributed by atoms with Gasteiger partial charge in [-0.25, -0.2) is 22.8 Å². The number of hydrogen-bond donors (Lipinski definition) is 2. The number of amides is 1. The molecular weight excluding hydrogens is 485 g/mol. The molecule has 2 N–H and O–H groups in total. The van der Waals surface area contributed by atoms with E-state index >= 15 is 0 Å². The van der Waals surface area contributed by atoms with Gasteiger partial charge in [0.05, 0.1) is 41.3 Å². The second-order valence-electron chi connectivity index (χ2n) is 7.40. The van der Waals surface area contributed by atoms with E-state index in [4.69, 9.17) is 9.47 Å². The van der Waals surface area contributed by atoms with Crippen molar-refractivity contribution in [1.29, 1.82) is 0 Å². The average Bonchev–Trinajstić information content (AvgIpc) is 3.58. The van der Waals surface area contributed by atoms with Crippen molar-refractivity contribution in [2.75, 3.05) is 23.8 Å². The normalized spacial score (nSPS) is 14.4. The second kappa shape index (κ2) is 9.99. The van der Waals surface area contributed by atoms with Gasteiger partial charge >= 0.3 is 0 Å². The van der Waals surface area contributed by atoms with Gasteiger partial charge in [-0.15, -0.1) is 11.3 Å². The van der Waals surface area contributed by atoms with Crippen LogP contribution in [0.2, 0.25) is 0 Å². The number of benzene rings is 1. The first-order valence-electron chi connectivity index (χ1n) is 10.4. The first-order valence-corrected chi connectivity index (χ1v) is 12.8. The van der Waals surface area contributed by atoms with Gasteiger partial charge in [-0.3, -0.25) is 14.5 Å². The lowest BCUT2D eigenvalue weighted by Crippen LogP contribution is -2.23. The highest BCUT2D eigenvalue weighted by Crippen LogP contribution is 2.32. The summed E-state index contributed by atoms with van der Waals surface area (Å²) in [7, 11) is -2.17. The van der Waals surface area contributed by atoms with Crippen LogP contribution in [0.5, 0.6) is 5.88 Å². The number of aromatic nitrogens is 3. The van der Waals surface area contributed by atoms with Crippen LogP contribution in [0.25, 0.3) is 11.3 Å². The first kappa shape index (κ1) is 24.0. The summed E-state index contributed by atoms with van der Waals surface area (Å²) < 4.78 is 51.9. The monoisotopic (exact) mass is 507 g/mol. The van der Waals surface area contributed by atoms with Crippen molar-refractivity contribution in [3.63, 3.8) is 0 Å². The molecule has 3 aromatic rings. The molecule has 1 aromatic carbocycles. The van der Waals surface area contributed by atoms with E-state index in [0.29, 0.717) is 36.6 Å². The van der Waals surface area contributed by atoms with Crippen LogP contribution >= 0.6 is 11.3 Å². The Labute approximate surface area is 199 Å². The molecule has 1 aliphatic carbocycles. The van der Waals surface area contributed by atoms with Crippen LogP contribution < -0.4 is 14.8 Å². The number of thiazole rings is 1. The van der Waals surface area contributed by atoms with Crippen LogP contribution in [0.3, 0.4) is 0 Å². The SMILES string of the molecule is CCOc1cncc(-c2ccc(NC(=O)C(OC)c3csc(NS(=O)(=O)C4CC4)n3)c(F)c2)n1. The number of hydrogen-bond acceptors (Lipinski definition) is 9. The van der Waals surface area contributed by atoms with E-state index in [1.54, 1.807) is 6.07 Å². The summed E-state index contributed by atoms with van der Waals surface area (Å²) in [4.78, 5) is 25.2. The number of halogens is 1. The molecule has 10 nitrogen and oxygen atoms in total. The fraction of sp³-hybridized carbons (Fsp3) is 0.333. The van der Waals surface area contributed by atoms with Gasteiger partial charge in [0.15, 0.2) is 11.2 Å². The molecule has 0 aliphatic heterocycles. The smallest absolute Gasteiger partial charge is 0.259 e. The zero-order valence-electron chi connectivity index (χ0n) is 18.3. The predicted octanol–water partition coefficient (Wildman–Crippen LogP) is 3.37. The lowest BCUT2D eigenvalue weighted by Gasteiger charge is -2.14. The van der Waals surface area contributed by atoms with E-state index < -0.39 is 33.1 Å². The fourth-order valence-corrected chi connectivity index (χ4v) is 5.40. The van der Waals surface area contributed by atoms with Gasteiger partial charge in [-0.2, -0.15) is 0 Å². The van der Waals surface area contributed by atoms with Gasteiger partial charge in [0.1, 0.15) is 5.82 Å². The van der Waals surface area contributed by atoms with Crippen molar-refractivity contribution in [2.24, 2.45) is 0 Å². The molecule has 180 valence electrons. The predicted molar refractivity (Wildman–Crippen MR) is 125 cm³/mol. The molecule has 2 aromatic heterocycles. The van der Waals surface area contributed by atoms with Gasteiger partial charge in [0.25, 0.3) is 5.91 Å². The van der Waals surface area contributed by atoms with Crippen molar-refractivity contribution in [3.05, 3.63) is 47.5 Å². The lowest BCUT2D eigenvalue weighted by molar-refractivity contribution is -0.126. The minimum Gasteiger partial charge on any atom is -0.477 e. The maximum Gasteiger partial charge on any atom is 0.259 e. The molecule has 0 saturated heterocycles. The average molecular weight is 508 g/mol. The van der Waals surface area contributed by atoms with Crippen molar-refractivity contribution in [2.45, 2.75) is 31.1 Å². The van der Waals surface area contributed by atoms with Gasteiger partial charge in [-0.05, 0) is 31.9 Å². The van der Waals surface area contributed by atoms with Crippen molar-refractivity contribution in [3.8, 4) is 17.1 Å². The Balaban J connectivity index is 1.46. The minimum absolute atomic E-state index is 0.0605. The molecule has 0 spiro atoms. The van der Waals surface area contributed by atoms with Crippen LogP contribution in [0.15, 0.2) is 36.0 Å². The number of nitrogens with zero attached hydrogens (tertiary/aromatic N) is 3. The standard InChI is InChI=1S/C21H22FN5O5S2/c1-3-32-18-10-23-9-16(24-18)12-4-7-15(14(22)8-12)25-20(28)19(31-2)17-11-33-21(26-17)27-34(29,30)13-5-6-13/h4,7-11,13,19H,3,5-6H2,1-2H3,(H,25,28)(H,26,27). The van der Waals surface area contributed by atoms with Crippen LogP contribution in [0.1, 0.15) is 31.6 Å². The van der Waals surface area contributed by atoms with Crippen LogP contribution in [-0.4, -0.2) is 48.2 Å². The Kier molecular flexibility index (Phi) is 7.05. The molecule has 1 atom stereocenters. The third kappa shape index (κ3) is 5.48. The molecule has 13 heteroatoms. The fourth-order valence-electron chi connectivity index (χ4n) is 3.08. The van der Waals surface area contributed by atoms with E-state index in [9.17, 15) is 17.6 Å². The summed E-state index contributed by atoms with van der Waals surface area (Å²) in [6, 6.07) is 4.22. The highest BCUT2D eigenvalue weighted by Gasteiger charge is 2.36. The molecular formula is C21H22FN5O5S2. The third-order valence-corrected chi connectivity index (χ3v) is 7.62. The molecule has 1 unspecified atom stereocenters. The van der Waals surface area contributed by atoms with E-state index in [1.807, 2.05) is 6.92 Å². The zero-order chi connectivity index (χ0) is 24.3. The van der Waals surface area contributed by atoms with Crippen molar-refractivity contribution >= 4 is 38.1 Å². The quantitative estimate of drug-likeness (QED) is 0.427. The van der Waals surface area contributed by atoms with E-state index in [2.05, 4.69) is 25.0 Å². The molecule has 1 amide bonds. The van der Waals surface area contributed by atoms with Gasteiger partial charge < -0.3 is 14.8 Å². The van der Waals surface area contributed by atoms with Crippen molar-refractivity contribution < 1.29 is 27.1 Å². The van der Waals surface area contributed by atoms with Crippen molar-refractivity contribution in [1.82, 2.24) is 15.0 Å². The highest BCUT2D eigenvalue weighted by molar-refractivity contribution is 7.93. The number of rotatable bonds is 10. The Hall–Kier alpha value is -3.16. The summed E-state index contributed by atoms with van der Waals surface area (Å²) in [5, 5.41) is 3.74. The maximum absolute atomic E-state index is 14.8. The Bertz CT molecular complexity index is 1300. The summed E-state index contributed by atoms with van der Waals surface area (Å²) in [5.74, 6) is -1.02. The molecule has 0 radical (unpaired) electrons. The van der Waals surface area contributed by atoms with Gasteiger partial charge in [-0.1, -0.05) is 6.07 Å². The van der Waals surface area contributed by atoms with Gasteiger partial charge in [0.2, 0.25) is 15.9 Å². The van der Waals surface area contributed by atoms with E-state index in [0.717, 1.165) is 11.3 Å². The summed E-state index contributed by atoms with van der Waals surface area (Å²) >= 11 is 1.04. The largest absolute Gasteiger partial charge is 0.477 e. The Morgan fingerprint density at radius 2 is 2.09 bits per heavy atom. The van der Waals surface area contributed by atoms with E-state index in [-0.39, 0.29) is 16.5 Å². The number of carbonyl (C=O) groups excluding carboxylic acids is 1. The number of ether oxygens (including phenoxy) is 2. The molecule has 34 heavy (non-hydrogen) atoms. The summed E-state index contributed by atoms with van der Waals surface area (Å²) in [5.41, 5.74) is 1.02. The second-order valence-corrected chi connectivity index (χ2v) is 10.2. The van der Waals surface area contributed by atoms with Crippen LogP contribution in [-0.2, 0) is 19.6 Å². The van der Waals surface area contributed by atoms with Gasteiger partial charge in [0, 0.05) is 18.1 Å². The molecule has 1 fully saturated rings. The summed E-state index contributed by atoms with van der Waals surface area (Å²) in [6.07, 6.45) is 3.01. The maximum atomic E-state index is 14.8. The molecule has 2 heterocycles. The van der Waals surface area contributed by atoms with Crippen LogP contribution in [0, 0.1) is 5.82 Å². The number of nitrogens with one attached hydrogen (secondary N) is 2. The first-order chi connectivity index (χ1) is 16.3. The molecule has 4 rings (SSSR count). The summed E-state index contributed by atoms with van der Waals surface area (Å²) in [6.45, 7) is 2.24. The number of anilines is 2. The zero-order valence-corrected chi connectivity index (χ0v) is 20.0. The van der Waals surface area contributed by atoms with E-state index in [1.165, 1.54) is 37.0 Å². The molecule has 1 aliphatic rings. The number of methoxy groups -OCH3 is 1. The number of carbonyl (C=O) groups is 1. The Morgan fingerprint density at radius 1 is 1.29 bits per heavy atom. The molecule has 0 bridgehead atoms. The third-order valence-electron chi connectivity index (χ3n) is 4.88. The minimum atomic E-state index is -3.48. The Morgan fingerprint density at radius 3 is 2.76 bits per heavy atom.